The average molecular weight is 430 g/mol. The van der Waals surface area contributed by atoms with Crippen molar-refractivity contribution in [1.29, 1.82) is 0 Å². The molecule has 0 aliphatic heterocycles. The third-order valence-corrected chi connectivity index (χ3v) is 2.99. The van der Waals surface area contributed by atoms with Crippen LogP contribution < -0.4 is 10.2 Å². The Morgan fingerprint density at radius 1 is 0.593 bits per heavy atom. The summed E-state index contributed by atoms with van der Waals surface area (Å²) in [6.45, 7) is -1.73. The Bertz CT molecular complexity index is 385. The minimum atomic E-state index is -2.31. The van der Waals surface area contributed by atoms with Gasteiger partial charge in [0.25, 0.3) is 0 Å². The van der Waals surface area contributed by atoms with E-state index in [0.29, 0.717) is 0 Å². The van der Waals surface area contributed by atoms with Gasteiger partial charge in [-0.3, -0.25) is 0 Å². The zero-order chi connectivity index (χ0) is 21.2. The second-order valence-electron chi connectivity index (χ2n) is 4.99. The smallest absolute Gasteiger partial charge is 0.547 e. The van der Waals surface area contributed by atoms with E-state index in [0.717, 1.165) is 0 Å². The van der Waals surface area contributed by atoms with Crippen molar-refractivity contribution in [2.45, 2.75) is 48.8 Å². The summed E-state index contributed by atoms with van der Waals surface area (Å²) >= 11 is 0. The number of hydrogen-bond donors (Lipinski definition) is 10. The number of carboxylic acid groups (broad SMARTS) is 2. The molecule has 0 bridgehead atoms. The zero-order valence-electron chi connectivity index (χ0n) is 13.8. The number of carboxylic acids is 2. The fraction of sp³-hybridized carbons (Fsp3) is 0.833. The van der Waals surface area contributed by atoms with Gasteiger partial charge in [-0.05, 0) is 0 Å². The standard InChI is InChI=1S/2C6H12O7.Ca/c2*7-1-2(8)3(9)4(10)5(11)6(12)13;/h2*2-5,7-11H,1H2,(H,12,13);/q;;+2/p-2/t2*2-,3+,4+,5+;/m11./s1. The van der Waals surface area contributed by atoms with Crippen LogP contribution in [0.4, 0.5) is 0 Å². The maximum atomic E-state index is 9.98. The average Bonchev–Trinajstić information content (AvgIpc) is 2.62. The first kappa shape index (κ1) is 31.5. The third kappa shape index (κ3) is 11.4. The Hall–Kier alpha value is -0.200. The number of aliphatic hydroxyl groups is 10. The van der Waals surface area contributed by atoms with Gasteiger partial charge in [-0.25, -0.2) is 0 Å². The van der Waals surface area contributed by atoms with Gasteiger partial charge in [0.1, 0.15) is 48.8 Å². The van der Waals surface area contributed by atoms with Gasteiger partial charge in [0.2, 0.25) is 0 Å². The molecule has 0 fully saturated rings. The van der Waals surface area contributed by atoms with Gasteiger partial charge < -0.3 is 70.9 Å². The molecule has 14 nitrogen and oxygen atoms in total. The summed E-state index contributed by atoms with van der Waals surface area (Å²) in [6.07, 6.45) is -16.2. The number of carbonyl (C=O) groups is 2. The Morgan fingerprint density at radius 3 is 0.963 bits per heavy atom. The van der Waals surface area contributed by atoms with Crippen molar-refractivity contribution in [3.63, 3.8) is 0 Å². The first-order chi connectivity index (χ1) is 11.8. The number of carbonyl (C=O) groups excluding carboxylic acids is 2. The first-order valence-corrected chi connectivity index (χ1v) is 6.91. The molecule has 15 heteroatoms. The van der Waals surface area contributed by atoms with E-state index in [1.807, 2.05) is 0 Å². The molecule has 0 aliphatic carbocycles. The maximum absolute atomic E-state index is 9.98. The molecule has 0 saturated carbocycles. The third-order valence-electron chi connectivity index (χ3n) is 2.99. The van der Waals surface area contributed by atoms with Crippen molar-refractivity contribution in [3.05, 3.63) is 0 Å². The first-order valence-electron chi connectivity index (χ1n) is 6.91. The minimum Gasteiger partial charge on any atom is -0.547 e. The van der Waals surface area contributed by atoms with Crippen LogP contribution in [0.15, 0.2) is 0 Å². The molecule has 0 rings (SSSR count). The number of aliphatic hydroxyl groups excluding tert-OH is 10. The predicted molar refractivity (Wildman–Crippen MR) is 78.0 cm³/mol. The molecule has 27 heavy (non-hydrogen) atoms. The molecule has 0 aliphatic rings. The van der Waals surface area contributed by atoms with Crippen LogP contribution in [0, 0.1) is 0 Å². The summed E-state index contributed by atoms with van der Waals surface area (Å²) in [5.41, 5.74) is 0. The van der Waals surface area contributed by atoms with Crippen LogP contribution in [-0.4, -0.2) is 163 Å². The molecule has 10 N–H and O–H groups in total. The quantitative estimate of drug-likeness (QED) is 0.144. The van der Waals surface area contributed by atoms with Crippen LogP contribution in [0.3, 0.4) is 0 Å². The van der Waals surface area contributed by atoms with Gasteiger partial charge in [-0.2, -0.15) is 0 Å². The topological polar surface area (TPSA) is 283 Å². The molecule has 0 radical (unpaired) electrons. The zero-order valence-corrected chi connectivity index (χ0v) is 16.1. The molecular weight excluding hydrogens is 408 g/mol. The summed E-state index contributed by atoms with van der Waals surface area (Å²) in [5, 5.41) is 107. The maximum Gasteiger partial charge on any atom is 2.00 e. The summed E-state index contributed by atoms with van der Waals surface area (Å²) in [4.78, 5) is 20.0. The molecule has 156 valence electrons. The summed E-state index contributed by atoms with van der Waals surface area (Å²) in [6, 6.07) is 0. The van der Waals surface area contributed by atoms with Crippen molar-refractivity contribution >= 4 is 49.7 Å². The molecule has 0 saturated heterocycles. The summed E-state index contributed by atoms with van der Waals surface area (Å²) in [5.74, 6) is -3.95. The van der Waals surface area contributed by atoms with Crippen molar-refractivity contribution in [1.82, 2.24) is 0 Å². The van der Waals surface area contributed by atoms with E-state index in [1.54, 1.807) is 0 Å². The van der Waals surface area contributed by atoms with E-state index >= 15 is 0 Å². The van der Waals surface area contributed by atoms with Crippen molar-refractivity contribution in [3.8, 4) is 0 Å². The Balaban J connectivity index is -0.000000411. The SMILES string of the molecule is O=C([O-])[C@@H](O)[C@@H](O)[C@@H](O)[C@H](O)CO.O=C([O-])[C@@H](O)[C@@H](O)[C@@H](O)[C@H](O)CO.[Ca+2]. The molecular formula is C12H22CaO14. The summed E-state index contributed by atoms with van der Waals surface area (Å²) < 4.78 is 0. The molecule has 0 spiro atoms. The molecule has 0 heterocycles. The fourth-order valence-electron chi connectivity index (χ4n) is 1.32. The van der Waals surface area contributed by atoms with Crippen LogP contribution in [0.1, 0.15) is 0 Å². The molecule has 0 aromatic carbocycles. The molecule has 0 aromatic rings. The van der Waals surface area contributed by atoms with Gasteiger partial charge in [-0.1, -0.05) is 0 Å². The van der Waals surface area contributed by atoms with Gasteiger partial charge in [0.15, 0.2) is 0 Å². The Morgan fingerprint density at radius 2 is 0.815 bits per heavy atom. The van der Waals surface area contributed by atoms with Gasteiger partial charge in [0, 0.05) is 0 Å². The normalized spacial score (nSPS) is 19.6. The van der Waals surface area contributed by atoms with E-state index in [4.69, 9.17) is 51.1 Å². The van der Waals surface area contributed by atoms with Gasteiger partial charge in [-0.15, -0.1) is 0 Å². The Labute approximate surface area is 182 Å². The largest absolute Gasteiger partial charge is 2.00 e. The van der Waals surface area contributed by atoms with E-state index < -0.39 is 74.0 Å². The van der Waals surface area contributed by atoms with Crippen molar-refractivity contribution < 1.29 is 70.9 Å². The van der Waals surface area contributed by atoms with Crippen LogP contribution in [0.2, 0.25) is 0 Å². The predicted octanol–water partition coefficient (Wildman–Crippen LogP) is -10.0. The van der Waals surface area contributed by atoms with Crippen LogP contribution >= 0.6 is 0 Å². The number of hydrogen-bond acceptors (Lipinski definition) is 14. The molecule has 0 unspecified atom stereocenters. The number of rotatable bonds is 10. The van der Waals surface area contributed by atoms with Crippen molar-refractivity contribution in [2.75, 3.05) is 13.2 Å². The fourth-order valence-corrected chi connectivity index (χ4v) is 1.32. The van der Waals surface area contributed by atoms with Gasteiger partial charge >= 0.3 is 37.7 Å². The van der Waals surface area contributed by atoms with Crippen LogP contribution in [0.5, 0.6) is 0 Å². The molecule has 0 amide bonds. The van der Waals surface area contributed by atoms with Crippen LogP contribution in [0.25, 0.3) is 0 Å². The second kappa shape index (κ2) is 15.7. The van der Waals surface area contributed by atoms with E-state index in [2.05, 4.69) is 0 Å². The van der Waals surface area contributed by atoms with E-state index in [-0.39, 0.29) is 37.7 Å². The summed E-state index contributed by atoms with van der Waals surface area (Å²) in [7, 11) is 0. The van der Waals surface area contributed by atoms with E-state index in [1.165, 1.54) is 0 Å². The minimum absolute atomic E-state index is 0. The van der Waals surface area contributed by atoms with Crippen LogP contribution in [-0.2, 0) is 9.59 Å². The van der Waals surface area contributed by atoms with E-state index in [9.17, 15) is 19.8 Å². The molecule has 0 aromatic heterocycles. The van der Waals surface area contributed by atoms with Crippen molar-refractivity contribution in [2.24, 2.45) is 0 Å². The monoisotopic (exact) mass is 430 g/mol. The number of aliphatic carboxylic acids is 2. The Kier molecular flexibility index (Phi) is 18.3. The second-order valence-corrected chi connectivity index (χ2v) is 4.99. The van der Waals surface area contributed by atoms with Gasteiger partial charge in [0.05, 0.1) is 25.2 Å². The molecule has 8 atom stereocenters.